The molecule has 0 aliphatic carbocycles. The van der Waals surface area contributed by atoms with E-state index in [1.54, 1.807) is 0 Å². The van der Waals surface area contributed by atoms with Crippen molar-refractivity contribution >= 4 is 15.9 Å². The van der Waals surface area contributed by atoms with Gasteiger partial charge in [0.2, 0.25) is 0 Å². The summed E-state index contributed by atoms with van der Waals surface area (Å²) in [7, 11) is 0. The van der Waals surface area contributed by atoms with E-state index in [0.29, 0.717) is 0 Å². The third-order valence-corrected chi connectivity index (χ3v) is 1.30. The summed E-state index contributed by atoms with van der Waals surface area (Å²) in [6, 6.07) is 5.84. The number of aromatic nitrogens is 1. The minimum Gasteiger partial charge on any atom is -0.246 e. The van der Waals surface area contributed by atoms with Gasteiger partial charge in [0, 0.05) is 25.2 Å². The van der Waals surface area contributed by atoms with Crippen molar-refractivity contribution in [1.29, 1.82) is 0 Å². The second-order valence-corrected chi connectivity index (χ2v) is 2.41. The molecule has 1 rings (SSSR count). The van der Waals surface area contributed by atoms with Gasteiger partial charge < -0.3 is 0 Å². The summed E-state index contributed by atoms with van der Waals surface area (Å²) in [5.74, 6) is 0. The van der Waals surface area contributed by atoms with E-state index in [1.807, 2.05) is 25.1 Å². The summed E-state index contributed by atoms with van der Waals surface area (Å²) >= 11 is 3.25. The molecule has 0 spiro atoms. The predicted octanol–water partition coefficient (Wildman–Crippen LogP) is 2.15. The Morgan fingerprint density at radius 1 is 1.44 bits per heavy atom. The zero-order chi connectivity index (χ0) is 5.98. The molecular weight excluding hydrogens is 231 g/mol. The summed E-state index contributed by atoms with van der Waals surface area (Å²) in [5, 5.41) is 0. The van der Waals surface area contributed by atoms with Crippen molar-refractivity contribution in [2.75, 3.05) is 0 Å². The molecule has 0 atom stereocenters. The Labute approximate surface area is 75.8 Å². The quantitative estimate of drug-likeness (QED) is 0.498. The second kappa shape index (κ2) is 4.13. The Balaban J connectivity index is 0.000000640. The standard InChI is InChI=1S/C6H6BrN.Zn/c1-5-3-2-4-6(7)8-5;/h2-4H,1H3;. The van der Waals surface area contributed by atoms with E-state index in [2.05, 4.69) is 20.9 Å². The van der Waals surface area contributed by atoms with Crippen molar-refractivity contribution in [2.45, 2.75) is 6.92 Å². The van der Waals surface area contributed by atoms with Gasteiger partial charge in [-0.25, -0.2) is 4.98 Å². The fourth-order valence-corrected chi connectivity index (χ4v) is 0.942. The van der Waals surface area contributed by atoms with Gasteiger partial charge in [-0.15, -0.1) is 0 Å². The topological polar surface area (TPSA) is 12.9 Å². The molecule has 1 heterocycles. The van der Waals surface area contributed by atoms with E-state index < -0.39 is 0 Å². The van der Waals surface area contributed by atoms with Crippen LogP contribution in [0.25, 0.3) is 0 Å². The fourth-order valence-electron chi connectivity index (χ4n) is 0.510. The average molecular weight is 237 g/mol. The van der Waals surface area contributed by atoms with Crippen LogP contribution in [0.3, 0.4) is 0 Å². The van der Waals surface area contributed by atoms with Crippen LogP contribution in [-0.4, -0.2) is 4.98 Å². The van der Waals surface area contributed by atoms with Gasteiger partial charge in [-0.1, -0.05) is 6.07 Å². The fraction of sp³-hybridized carbons (Fsp3) is 0.167. The zero-order valence-electron chi connectivity index (χ0n) is 5.26. The molecule has 0 bridgehead atoms. The van der Waals surface area contributed by atoms with E-state index in [0.717, 1.165) is 10.3 Å². The largest absolute Gasteiger partial charge is 0.246 e. The van der Waals surface area contributed by atoms with Gasteiger partial charge >= 0.3 is 0 Å². The number of halogens is 1. The molecule has 0 radical (unpaired) electrons. The summed E-state index contributed by atoms with van der Waals surface area (Å²) in [6.07, 6.45) is 0. The first-order valence-corrected chi connectivity index (χ1v) is 3.17. The van der Waals surface area contributed by atoms with Crippen molar-refractivity contribution in [3.63, 3.8) is 0 Å². The summed E-state index contributed by atoms with van der Waals surface area (Å²) in [6.45, 7) is 1.96. The molecule has 1 nitrogen and oxygen atoms in total. The van der Waals surface area contributed by atoms with E-state index in [9.17, 15) is 0 Å². The molecule has 0 aliphatic rings. The zero-order valence-corrected chi connectivity index (χ0v) is 9.82. The minimum atomic E-state index is 0. The van der Waals surface area contributed by atoms with Crippen LogP contribution >= 0.6 is 15.9 Å². The molecule has 0 saturated carbocycles. The predicted molar refractivity (Wildman–Crippen MR) is 36.7 cm³/mol. The maximum absolute atomic E-state index is 4.09. The Kier molecular flexibility index (Phi) is 4.25. The molecule has 44 valence electrons. The van der Waals surface area contributed by atoms with Crippen LogP contribution in [0, 0.1) is 6.92 Å². The molecule has 9 heavy (non-hydrogen) atoms. The first kappa shape index (κ1) is 9.25. The Bertz CT molecular complexity index is 173. The van der Waals surface area contributed by atoms with Gasteiger partial charge in [-0.3, -0.25) is 0 Å². The average Bonchev–Trinajstić information content (AvgIpc) is 1.64. The molecular formula is C6H6BrNZn. The Hall–Kier alpha value is 0.253. The van der Waals surface area contributed by atoms with E-state index in [1.165, 1.54) is 0 Å². The third-order valence-electron chi connectivity index (χ3n) is 0.854. The van der Waals surface area contributed by atoms with Crippen LogP contribution in [0.4, 0.5) is 0 Å². The van der Waals surface area contributed by atoms with E-state index in [4.69, 9.17) is 0 Å². The number of rotatable bonds is 0. The molecule has 0 unspecified atom stereocenters. The molecule has 3 heteroatoms. The maximum atomic E-state index is 4.09. The molecule has 0 aromatic carbocycles. The summed E-state index contributed by atoms with van der Waals surface area (Å²) in [5.41, 5.74) is 1.04. The number of pyridine rings is 1. The Morgan fingerprint density at radius 2 is 2.11 bits per heavy atom. The molecule has 0 amide bonds. The van der Waals surface area contributed by atoms with Crippen LogP contribution in [0.2, 0.25) is 0 Å². The van der Waals surface area contributed by atoms with Gasteiger partial charge in [0.1, 0.15) is 4.60 Å². The number of nitrogens with zero attached hydrogens (tertiary/aromatic N) is 1. The van der Waals surface area contributed by atoms with Gasteiger partial charge in [0.15, 0.2) is 0 Å². The summed E-state index contributed by atoms with van der Waals surface area (Å²) < 4.78 is 0.900. The first-order chi connectivity index (χ1) is 3.79. The van der Waals surface area contributed by atoms with Crippen LogP contribution in [0.1, 0.15) is 5.69 Å². The van der Waals surface area contributed by atoms with Crippen LogP contribution < -0.4 is 0 Å². The van der Waals surface area contributed by atoms with Crippen LogP contribution in [0.5, 0.6) is 0 Å². The van der Waals surface area contributed by atoms with Gasteiger partial charge in [-0.2, -0.15) is 0 Å². The van der Waals surface area contributed by atoms with Crippen molar-refractivity contribution < 1.29 is 19.5 Å². The first-order valence-electron chi connectivity index (χ1n) is 2.38. The van der Waals surface area contributed by atoms with Crippen molar-refractivity contribution in [2.24, 2.45) is 0 Å². The molecule has 0 saturated heterocycles. The molecule has 0 aliphatic heterocycles. The van der Waals surface area contributed by atoms with Crippen LogP contribution in [0.15, 0.2) is 22.8 Å². The van der Waals surface area contributed by atoms with Gasteiger partial charge in [0.25, 0.3) is 0 Å². The summed E-state index contributed by atoms with van der Waals surface area (Å²) in [4.78, 5) is 4.09. The molecule has 0 fully saturated rings. The number of aryl methyl sites for hydroxylation is 1. The monoisotopic (exact) mass is 235 g/mol. The van der Waals surface area contributed by atoms with E-state index >= 15 is 0 Å². The smallest absolute Gasteiger partial charge is 0.106 e. The minimum absolute atomic E-state index is 0. The Morgan fingerprint density at radius 3 is 2.44 bits per heavy atom. The molecule has 1 aromatic heterocycles. The van der Waals surface area contributed by atoms with Crippen molar-refractivity contribution in [3.05, 3.63) is 28.5 Å². The third kappa shape index (κ3) is 3.07. The van der Waals surface area contributed by atoms with Gasteiger partial charge in [-0.05, 0) is 35.0 Å². The SMILES string of the molecule is Cc1cccc(Br)n1.[Zn]. The molecule has 0 N–H and O–H groups in total. The normalized spacial score (nSPS) is 8.22. The van der Waals surface area contributed by atoms with E-state index in [-0.39, 0.29) is 19.5 Å². The van der Waals surface area contributed by atoms with Crippen LogP contribution in [-0.2, 0) is 19.5 Å². The molecule has 1 aromatic rings. The van der Waals surface area contributed by atoms with Gasteiger partial charge in [0.05, 0.1) is 0 Å². The number of hydrogen-bond acceptors (Lipinski definition) is 1. The van der Waals surface area contributed by atoms with Crippen molar-refractivity contribution in [3.8, 4) is 0 Å². The van der Waals surface area contributed by atoms with Crippen molar-refractivity contribution in [1.82, 2.24) is 4.98 Å². The number of hydrogen-bond donors (Lipinski definition) is 0. The second-order valence-electron chi connectivity index (χ2n) is 1.60. The maximum Gasteiger partial charge on any atom is 0.106 e.